The van der Waals surface area contributed by atoms with Gasteiger partial charge in [-0.2, -0.15) is 0 Å². The van der Waals surface area contributed by atoms with Gasteiger partial charge in [-0.15, -0.1) is 0 Å². The van der Waals surface area contributed by atoms with Crippen LogP contribution in [0.25, 0.3) is 0 Å². The van der Waals surface area contributed by atoms with Crippen molar-refractivity contribution in [3.63, 3.8) is 0 Å². The predicted molar refractivity (Wildman–Crippen MR) is 175 cm³/mol. The number of piperidine rings is 1. The molecule has 1 spiro atoms. The third-order valence-electron chi connectivity index (χ3n) is 13.4. The van der Waals surface area contributed by atoms with Gasteiger partial charge in [0.25, 0.3) is 0 Å². The molecule has 0 radical (unpaired) electrons. The number of aryl methyl sites for hydroxylation is 1. The lowest BCUT2D eigenvalue weighted by Crippen LogP contribution is -2.53. The molecule has 5 heteroatoms. The van der Waals surface area contributed by atoms with Crippen molar-refractivity contribution >= 4 is 11.7 Å². The first-order valence-corrected chi connectivity index (χ1v) is 17.8. The Bertz CT molecular complexity index is 1330. The molecule has 2 saturated heterocycles. The number of nitrogens with one attached hydrogen (secondary N) is 1. The maximum absolute atomic E-state index is 12.7. The van der Waals surface area contributed by atoms with Crippen molar-refractivity contribution in [2.75, 3.05) is 19.6 Å². The Labute approximate surface area is 265 Å². The molecule has 5 nitrogen and oxygen atoms in total. The van der Waals surface area contributed by atoms with Crippen molar-refractivity contribution in [3.8, 4) is 0 Å². The van der Waals surface area contributed by atoms with Gasteiger partial charge >= 0.3 is 0 Å². The van der Waals surface area contributed by atoms with Crippen LogP contribution >= 0.6 is 0 Å². The minimum Gasteiger partial charge on any atom is -0.369 e. The summed E-state index contributed by atoms with van der Waals surface area (Å²) in [6, 6.07) is 10.7. The summed E-state index contributed by atoms with van der Waals surface area (Å²) in [4.78, 5) is 27.6. The van der Waals surface area contributed by atoms with Gasteiger partial charge < -0.3 is 10.1 Å². The zero-order chi connectivity index (χ0) is 30.6. The van der Waals surface area contributed by atoms with Gasteiger partial charge in [0.15, 0.2) is 5.78 Å². The predicted octanol–water partition coefficient (Wildman–Crippen LogP) is 7.06. The second-order valence-corrected chi connectivity index (χ2v) is 15.9. The first-order valence-electron chi connectivity index (χ1n) is 17.8. The zero-order valence-electron chi connectivity index (χ0n) is 27.6. The van der Waals surface area contributed by atoms with Crippen LogP contribution in [-0.4, -0.2) is 54.0 Å². The van der Waals surface area contributed by atoms with E-state index in [1.54, 1.807) is 11.1 Å². The Morgan fingerprint density at radius 2 is 1.93 bits per heavy atom. The van der Waals surface area contributed by atoms with E-state index in [9.17, 15) is 9.59 Å². The van der Waals surface area contributed by atoms with E-state index in [-0.39, 0.29) is 23.0 Å². The van der Waals surface area contributed by atoms with E-state index in [1.807, 2.05) is 24.3 Å². The van der Waals surface area contributed by atoms with Crippen LogP contribution < -0.4 is 5.32 Å². The number of amides is 1. The smallest absolute Gasteiger partial charge is 0.220 e. The first kappa shape index (κ1) is 30.4. The van der Waals surface area contributed by atoms with Crippen molar-refractivity contribution in [3.05, 3.63) is 58.7 Å². The average Bonchev–Trinajstić information content (AvgIpc) is 3.47. The number of ether oxygens (including phenoxy) is 1. The summed E-state index contributed by atoms with van der Waals surface area (Å²) >= 11 is 0. The van der Waals surface area contributed by atoms with Gasteiger partial charge in [0.1, 0.15) is 0 Å². The fourth-order valence-electron chi connectivity index (χ4n) is 11.1. The van der Waals surface area contributed by atoms with Gasteiger partial charge in [-0.3, -0.25) is 14.5 Å². The van der Waals surface area contributed by atoms with Crippen molar-refractivity contribution < 1.29 is 14.3 Å². The molecule has 2 heterocycles. The molecule has 1 aromatic rings. The molecule has 0 bridgehead atoms. The summed E-state index contributed by atoms with van der Waals surface area (Å²) in [5, 5.41) is 3.22. The number of carbonyl (C=O) groups excluding carboxylic acids is 2. The third kappa shape index (κ3) is 5.34. The van der Waals surface area contributed by atoms with Crippen LogP contribution in [0.3, 0.4) is 0 Å². The van der Waals surface area contributed by atoms with Gasteiger partial charge in [0.2, 0.25) is 5.91 Å². The highest BCUT2D eigenvalue weighted by molar-refractivity contribution is 5.91. The molecule has 2 aliphatic heterocycles. The van der Waals surface area contributed by atoms with E-state index in [1.165, 1.54) is 30.4 Å². The summed E-state index contributed by atoms with van der Waals surface area (Å²) in [6.45, 7) is 12.5. The third-order valence-corrected chi connectivity index (χ3v) is 13.4. The van der Waals surface area contributed by atoms with Crippen LogP contribution in [0.5, 0.6) is 0 Å². The number of allylic oxidation sites excluding steroid dienone is 3. The van der Waals surface area contributed by atoms with Gasteiger partial charge in [-0.1, -0.05) is 67.8 Å². The van der Waals surface area contributed by atoms with Crippen molar-refractivity contribution in [2.45, 2.75) is 116 Å². The Kier molecular flexibility index (Phi) is 8.19. The lowest BCUT2D eigenvalue weighted by molar-refractivity contribution is -0.121. The quantitative estimate of drug-likeness (QED) is 0.356. The first-order chi connectivity index (χ1) is 21.2. The number of ketones is 1. The standard InChI is InChI=1S/C39H54N2O3/c1-25-20-35-37(41(24-25)19-18-40-36(43)13-10-28-8-6-5-7-9-28)27(3)39(44-35)17-15-31-32-12-11-29-21-30(42)14-16-38(29,4)34(32)22-33(31)26(2)23-39/h5-9,21,25,27,31-32,34-35,37H,10-20,22-24H2,1-4H3,(H,40,43)/t25-,27+,31-,32-,34-,35?,37-,38-,39-/m0/s1. The summed E-state index contributed by atoms with van der Waals surface area (Å²) in [5.74, 6) is 3.72. The number of benzene rings is 1. The van der Waals surface area contributed by atoms with Gasteiger partial charge in [-0.05, 0) is 105 Å². The molecule has 1 aromatic carbocycles. The second-order valence-electron chi connectivity index (χ2n) is 15.9. The molecule has 4 fully saturated rings. The van der Waals surface area contributed by atoms with Crippen LogP contribution in [0, 0.1) is 35.0 Å². The summed E-state index contributed by atoms with van der Waals surface area (Å²) in [7, 11) is 0. The van der Waals surface area contributed by atoms with Crippen LogP contribution in [0.2, 0.25) is 0 Å². The van der Waals surface area contributed by atoms with E-state index < -0.39 is 0 Å². The topological polar surface area (TPSA) is 58.6 Å². The molecule has 1 N–H and O–H groups in total. The number of hydrogen-bond acceptors (Lipinski definition) is 4. The van der Waals surface area contributed by atoms with Crippen molar-refractivity contribution in [1.29, 1.82) is 0 Å². The fourth-order valence-corrected chi connectivity index (χ4v) is 11.1. The second kappa shape index (κ2) is 11.8. The molecule has 7 rings (SSSR count). The lowest BCUT2D eigenvalue weighted by Gasteiger charge is -2.48. The van der Waals surface area contributed by atoms with E-state index in [0.29, 0.717) is 48.5 Å². The molecule has 2 saturated carbocycles. The van der Waals surface area contributed by atoms with Gasteiger partial charge in [0.05, 0.1) is 11.7 Å². The molecule has 9 atom stereocenters. The van der Waals surface area contributed by atoms with Gasteiger partial charge in [-0.25, -0.2) is 0 Å². The minimum atomic E-state index is -0.0750. The van der Waals surface area contributed by atoms with Crippen LogP contribution in [0.1, 0.15) is 97.5 Å². The highest BCUT2D eigenvalue weighted by atomic mass is 16.5. The molecular weight excluding hydrogens is 544 g/mol. The fraction of sp³-hybridized carbons (Fsp3) is 0.692. The number of fused-ring (bicyclic) bond motifs is 6. The average molecular weight is 599 g/mol. The van der Waals surface area contributed by atoms with E-state index >= 15 is 0 Å². The van der Waals surface area contributed by atoms with E-state index in [4.69, 9.17) is 4.74 Å². The van der Waals surface area contributed by atoms with Crippen LogP contribution in [0.15, 0.2) is 53.1 Å². The molecule has 6 aliphatic rings. The SMILES string of the molecule is CC1=C2C[C@H]3[C@@H](CCC4=CC(=O)CC[C@@]43C)[C@@H]2CC[C@@]2(C1)OC1C[C@H](C)CN(CCNC(=O)CCc3ccccc3)[C@H]1[C@H]2C. The molecule has 238 valence electrons. The van der Waals surface area contributed by atoms with E-state index in [2.05, 4.69) is 50.0 Å². The van der Waals surface area contributed by atoms with Crippen molar-refractivity contribution in [1.82, 2.24) is 10.2 Å². The Morgan fingerprint density at radius 3 is 2.75 bits per heavy atom. The Hall–Kier alpha value is -2.24. The minimum absolute atomic E-state index is 0.0750. The normalized spacial score (nSPS) is 40.1. The number of hydrogen-bond donors (Lipinski definition) is 1. The maximum atomic E-state index is 12.7. The number of carbonyl (C=O) groups is 2. The molecule has 44 heavy (non-hydrogen) atoms. The number of rotatable bonds is 6. The van der Waals surface area contributed by atoms with Crippen LogP contribution in [-0.2, 0) is 20.7 Å². The Morgan fingerprint density at radius 1 is 1.11 bits per heavy atom. The highest BCUT2D eigenvalue weighted by Gasteiger charge is 2.59. The molecule has 4 aliphatic carbocycles. The number of nitrogens with zero attached hydrogens (tertiary/aromatic N) is 1. The molecule has 1 amide bonds. The maximum Gasteiger partial charge on any atom is 0.220 e. The monoisotopic (exact) mass is 598 g/mol. The summed E-state index contributed by atoms with van der Waals surface area (Å²) in [6.07, 6.45) is 13.6. The molecular formula is C39H54N2O3. The van der Waals surface area contributed by atoms with Gasteiger partial charge in [0, 0.05) is 44.4 Å². The number of likely N-dealkylation sites (tertiary alicyclic amines) is 1. The Balaban J connectivity index is 1.02. The summed E-state index contributed by atoms with van der Waals surface area (Å²) in [5.41, 5.74) is 6.18. The zero-order valence-corrected chi connectivity index (χ0v) is 27.6. The van der Waals surface area contributed by atoms with E-state index in [0.717, 1.165) is 64.0 Å². The van der Waals surface area contributed by atoms with Crippen LogP contribution in [0.4, 0.5) is 0 Å². The largest absolute Gasteiger partial charge is 0.369 e. The summed E-state index contributed by atoms with van der Waals surface area (Å²) < 4.78 is 7.28. The molecule has 1 unspecified atom stereocenters. The highest BCUT2D eigenvalue weighted by Crippen LogP contribution is 2.64. The van der Waals surface area contributed by atoms with Crippen molar-refractivity contribution in [2.24, 2.45) is 35.0 Å². The lowest BCUT2D eigenvalue weighted by atomic mass is 9.56. The molecule has 0 aromatic heterocycles.